The Morgan fingerprint density at radius 2 is 2.04 bits per heavy atom. The summed E-state index contributed by atoms with van der Waals surface area (Å²) in [5, 5.41) is 4.26. The minimum atomic E-state index is 0.141. The second-order valence-corrected chi connectivity index (χ2v) is 6.31. The lowest BCUT2D eigenvalue weighted by molar-refractivity contribution is -0.136. The molecule has 2 aromatic rings. The zero-order valence-corrected chi connectivity index (χ0v) is 13.9. The van der Waals surface area contributed by atoms with Gasteiger partial charge in [0.2, 0.25) is 5.91 Å². The van der Waals surface area contributed by atoms with Crippen LogP contribution in [-0.2, 0) is 11.3 Å². The predicted octanol–water partition coefficient (Wildman–Crippen LogP) is 2.10. The van der Waals surface area contributed by atoms with Crippen molar-refractivity contribution in [3.05, 3.63) is 53.9 Å². The summed E-state index contributed by atoms with van der Waals surface area (Å²) < 4.78 is 1.85. The molecule has 1 saturated heterocycles. The van der Waals surface area contributed by atoms with E-state index in [9.17, 15) is 4.79 Å². The van der Waals surface area contributed by atoms with Gasteiger partial charge in [0.1, 0.15) is 0 Å². The van der Waals surface area contributed by atoms with E-state index in [1.54, 1.807) is 0 Å². The molecule has 0 radical (unpaired) electrons. The summed E-state index contributed by atoms with van der Waals surface area (Å²) in [7, 11) is 2.12. The molecule has 3 rings (SSSR count). The van der Waals surface area contributed by atoms with E-state index in [0.29, 0.717) is 13.0 Å². The number of aryl methyl sites for hydroxylation is 2. The van der Waals surface area contributed by atoms with E-state index in [0.717, 1.165) is 25.2 Å². The van der Waals surface area contributed by atoms with Crippen LogP contribution in [0.3, 0.4) is 0 Å². The lowest BCUT2D eigenvalue weighted by Gasteiger charge is -2.40. The molecule has 122 valence electrons. The predicted molar refractivity (Wildman–Crippen MR) is 90.0 cm³/mol. The average molecular weight is 312 g/mol. The SMILES string of the molecule is Cc1cnn(CCC(=O)N2CCN(C)CC2c2ccccc2)c1. The number of benzene rings is 1. The topological polar surface area (TPSA) is 41.4 Å². The summed E-state index contributed by atoms with van der Waals surface area (Å²) in [6.45, 7) is 5.25. The summed E-state index contributed by atoms with van der Waals surface area (Å²) in [6.07, 6.45) is 4.30. The Morgan fingerprint density at radius 1 is 1.26 bits per heavy atom. The van der Waals surface area contributed by atoms with Crippen LogP contribution >= 0.6 is 0 Å². The van der Waals surface area contributed by atoms with Crippen LogP contribution in [0, 0.1) is 6.92 Å². The molecular weight excluding hydrogens is 288 g/mol. The van der Waals surface area contributed by atoms with Gasteiger partial charge in [0, 0.05) is 38.8 Å². The fraction of sp³-hybridized carbons (Fsp3) is 0.444. The Morgan fingerprint density at radius 3 is 2.74 bits per heavy atom. The standard InChI is InChI=1S/C18H24N4O/c1-15-12-19-21(13-15)9-8-18(23)22-11-10-20(2)14-17(22)16-6-4-3-5-7-16/h3-7,12-13,17H,8-11,14H2,1-2H3. The number of hydrogen-bond donors (Lipinski definition) is 0. The molecule has 0 aliphatic carbocycles. The minimum Gasteiger partial charge on any atom is -0.333 e. The van der Waals surface area contributed by atoms with Crippen molar-refractivity contribution in [2.45, 2.75) is 25.9 Å². The maximum absolute atomic E-state index is 12.7. The van der Waals surface area contributed by atoms with Gasteiger partial charge >= 0.3 is 0 Å². The van der Waals surface area contributed by atoms with Crippen molar-refractivity contribution in [1.82, 2.24) is 19.6 Å². The first-order chi connectivity index (χ1) is 11.1. The van der Waals surface area contributed by atoms with Gasteiger partial charge in [0.05, 0.1) is 12.2 Å². The number of likely N-dealkylation sites (N-methyl/N-ethyl adjacent to an activating group) is 1. The first-order valence-electron chi connectivity index (χ1n) is 8.15. The number of carbonyl (C=O) groups is 1. The lowest BCUT2D eigenvalue weighted by atomic mass is 10.0. The summed E-state index contributed by atoms with van der Waals surface area (Å²) in [5.41, 5.74) is 2.33. The fourth-order valence-corrected chi connectivity index (χ4v) is 3.12. The molecule has 5 nitrogen and oxygen atoms in total. The highest BCUT2D eigenvalue weighted by atomic mass is 16.2. The molecule has 1 atom stereocenters. The zero-order valence-electron chi connectivity index (χ0n) is 13.9. The van der Waals surface area contributed by atoms with Crippen LogP contribution < -0.4 is 0 Å². The Balaban J connectivity index is 1.69. The number of piperazine rings is 1. The summed E-state index contributed by atoms with van der Waals surface area (Å²) in [6, 6.07) is 10.5. The van der Waals surface area contributed by atoms with Gasteiger partial charge in [-0.15, -0.1) is 0 Å². The number of carbonyl (C=O) groups excluding carboxylic acids is 1. The van der Waals surface area contributed by atoms with Gasteiger partial charge in [-0.2, -0.15) is 5.10 Å². The molecule has 5 heteroatoms. The van der Waals surface area contributed by atoms with E-state index < -0.39 is 0 Å². The van der Waals surface area contributed by atoms with Crippen molar-refractivity contribution in [3.8, 4) is 0 Å². The van der Waals surface area contributed by atoms with Gasteiger partial charge in [-0.25, -0.2) is 0 Å². The molecule has 0 saturated carbocycles. The Bertz CT molecular complexity index is 652. The quantitative estimate of drug-likeness (QED) is 0.868. The second-order valence-electron chi connectivity index (χ2n) is 6.31. The van der Waals surface area contributed by atoms with Crippen LogP contribution in [0.25, 0.3) is 0 Å². The number of amides is 1. The highest BCUT2D eigenvalue weighted by Gasteiger charge is 2.29. The highest BCUT2D eigenvalue weighted by Crippen LogP contribution is 2.25. The van der Waals surface area contributed by atoms with Crippen LogP contribution in [0.15, 0.2) is 42.7 Å². The Kier molecular flexibility index (Phi) is 4.76. The van der Waals surface area contributed by atoms with E-state index in [1.165, 1.54) is 5.56 Å². The maximum atomic E-state index is 12.7. The maximum Gasteiger partial charge on any atom is 0.225 e. The number of rotatable bonds is 4. The van der Waals surface area contributed by atoms with Crippen molar-refractivity contribution in [2.75, 3.05) is 26.7 Å². The largest absolute Gasteiger partial charge is 0.333 e. The fourth-order valence-electron chi connectivity index (χ4n) is 3.12. The van der Waals surface area contributed by atoms with Gasteiger partial charge < -0.3 is 9.80 Å². The minimum absolute atomic E-state index is 0.141. The van der Waals surface area contributed by atoms with Crippen molar-refractivity contribution < 1.29 is 4.79 Å². The van der Waals surface area contributed by atoms with Crippen molar-refractivity contribution in [2.24, 2.45) is 0 Å². The lowest BCUT2D eigenvalue weighted by Crippen LogP contribution is -2.49. The van der Waals surface area contributed by atoms with Crippen LogP contribution in [0.5, 0.6) is 0 Å². The molecule has 1 amide bonds. The molecule has 0 bridgehead atoms. The van der Waals surface area contributed by atoms with E-state index in [4.69, 9.17) is 0 Å². The molecule has 1 aliphatic rings. The van der Waals surface area contributed by atoms with Gasteiger partial charge in [-0.3, -0.25) is 9.48 Å². The molecule has 0 spiro atoms. The third-order valence-corrected chi connectivity index (χ3v) is 4.41. The molecule has 0 N–H and O–H groups in total. The molecule has 2 heterocycles. The van der Waals surface area contributed by atoms with Crippen molar-refractivity contribution in [1.29, 1.82) is 0 Å². The molecular formula is C18H24N4O. The molecule has 23 heavy (non-hydrogen) atoms. The van der Waals surface area contributed by atoms with Crippen LogP contribution in [0.4, 0.5) is 0 Å². The number of nitrogens with zero attached hydrogens (tertiary/aromatic N) is 4. The molecule has 1 aromatic carbocycles. The third kappa shape index (κ3) is 3.79. The van der Waals surface area contributed by atoms with Crippen molar-refractivity contribution in [3.63, 3.8) is 0 Å². The third-order valence-electron chi connectivity index (χ3n) is 4.41. The molecule has 1 aliphatic heterocycles. The van der Waals surface area contributed by atoms with Gasteiger partial charge in [-0.05, 0) is 25.1 Å². The van der Waals surface area contributed by atoms with Gasteiger partial charge in [-0.1, -0.05) is 30.3 Å². The van der Waals surface area contributed by atoms with E-state index >= 15 is 0 Å². The molecule has 1 aromatic heterocycles. The number of aromatic nitrogens is 2. The Labute approximate surface area is 137 Å². The monoisotopic (exact) mass is 312 g/mol. The van der Waals surface area contributed by atoms with Crippen molar-refractivity contribution >= 4 is 5.91 Å². The first-order valence-corrected chi connectivity index (χ1v) is 8.15. The van der Waals surface area contributed by atoms with E-state index in [-0.39, 0.29) is 11.9 Å². The molecule has 1 unspecified atom stereocenters. The first kappa shape index (κ1) is 15.7. The number of hydrogen-bond acceptors (Lipinski definition) is 3. The smallest absolute Gasteiger partial charge is 0.225 e. The average Bonchev–Trinajstić information content (AvgIpc) is 2.99. The second kappa shape index (κ2) is 6.96. The zero-order chi connectivity index (χ0) is 16.2. The van der Waals surface area contributed by atoms with Crippen LogP contribution in [0.1, 0.15) is 23.6 Å². The highest BCUT2D eigenvalue weighted by molar-refractivity contribution is 5.76. The van der Waals surface area contributed by atoms with Crippen LogP contribution in [0.2, 0.25) is 0 Å². The van der Waals surface area contributed by atoms with Crippen LogP contribution in [-0.4, -0.2) is 52.2 Å². The van der Waals surface area contributed by atoms with Gasteiger partial charge in [0.15, 0.2) is 0 Å². The van der Waals surface area contributed by atoms with Gasteiger partial charge in [0.25, 0.3) is 0 Å². The van der Waals surface area contributed by atoms with E-state index in [1.807, 2.05) is 47.1 Å². The normalized spacial score (nSPS) is 19.0. The molecule has 1 fully saturated rings. The van der Waals surface area contributed by atoms with E-state index in [2.05, 4.69) is 29.2 Å². The Hall–Kier alpha value is -2.14. The summed E-state index contributed by atoms with van der Waals surface area (Å²) in [5.74, 6) is 0.208. The summed E-state index contributed by atoms with van der Waals surface area (Å²) >= 11 is 0. The summed E-state index contributed by atoms with van der Waals surface area (Å²) in [4.78, 5) is 17.1.